The highest BCUT2D eigenvalue weighted by atomic mass is 79.9. The summed E-state index contributed by atoms with van der Waals surface area (Å²) in [5, 5.41) is 0.168. The van der Waals surface area contributed by atoms with Crippen LogP contribution in [0.1, 0.15) is 22.8 Å². The van der Waals surface area contributed by atoms with E-state index in [1.165, 1.54) is 6.07 Å². The van der Waals surface area contributed by atoms with Crippen molar-refractivity contribution in [3.05, 3.63) is 32.8 Å². The van der Waals surface area contributed by atoms with Crippen molar-refractivity contribution in [3.63, 3.8) is 0 Å². The van der Waals surface area contributed by atoms with E-state index in [1.54, 1.807) is 6.07 Å². The second kappa shape index (κ2) is 4.42. The van der Waals surface area contributed by atoms with Crippen molar-refractivity contribution in [1.82, 2.24) is 4.90 Å². The minimum absolute atomic E-state index is 0.0754. The molecular weight excluding hydrogens is 334 g/mol. The number of nitrogens with zero attached hydrogens (tertiary/aromatic N) is 1. The largest absolute Gasteiger partial charge is 0.408 e. The molecule has 2 rings (SSSR count). The van der Waals surface area contributed by atoms with Crippen LogP contribution in [0.5, 0.6) is 0 Å². The summed E-state index contributed by atoms with van der Waals surface area (Å²) < 4.78 is 38.6. The lowest BCUT2D eigenvalue weighted by Crippen LogP contribution is -2.43. The lowest BCUT2D eigenvalue weighted by atomic mass is 10.1. The molecule has 0 unspecified atom stereocenters. The van der Waals surface area contributed by atoms with Crippen LogP contribution in [-0.4, -0.2) is 23.0 Å². The Balaban J connectivity index is 2.40. The quantitative estimate of drug-likeness (QED) is 0.755. The second-order valence-electron chi connectivity index (χ2n) is 4.07. The molecule has 1 heterocycles. The molecule has 98 valence electrons. The highest BCUT2D eigenvalue weighted by Gasteiger charge is 2.45. The van der Waals surface area contributed by atoms with E-state index in [0.717, 1.165) is 11.8 Å². The number of benzene rings is 1. The zero-order valence-electron chi connectivity index (χ0n) is 9.18. The number of fused-ring (bicyclic) bond motifs is 1. The molecule has 0 radical (unpaired) electrons. The molecular formula is C11H8BrClF3NO. The first kappa shape index (κ1) is 13.7. The predicted molar refractivity (Wildman–Crippen MR) is 64.5 cm³/mol. The van der Waals surface area contributed by atoms with E-state index >= 15 is 0 Å². The molecule has 1 aliphatic heterocycles. The molecule has 0 spiro atoms. The fourth-order valence-electron chi connectivity index (χ4n) is 1.88. The predicted octanol–water partition coefficient (Wildman–Crippen LogP) is 4.01. The van der Waals surface area contributed by atoms with Crippen molar-refractivity contribution in [2.45, 2.75) is 25.7 Å². The normalized spacial score (nSPS) is 17.0. The number of carbonyl (C=O) groups excluding carboxylic acids is 1. The molecule has 18 heavy (non-hydrogen) atoms. The van der Waals surface area contributed by atoms with E-state index in [-0.39, 0.29) is 17.1 Å². The Morgan fingerprint density at radius 2 is 2.06 bits per heavy atom. The molecule has 0 saturated carbocycles. The molecule has 1 amide bonds. The third kappa shape index (κ3) is 2.23. The molecule has 0 fully saturated rings. The zero-order chi connectivity index (χ0) is 13.7. The Morgan fingerprint density at radius 1 is 1.44 bits per heavy atom. The van der Waals surface area contributed by atoms with Crippen molar-refractivity contribution >= 4 is 33.4 Å². The molecule has 0 aliphatic carbocycles. The number of hydrogen-bond acceptors (Lipinski definition) is 1. The number of amides is 1. The third-order valence-corrected chi connectivity index (χ3v) is 3.65. The van der Waals surface area contributed by atoms with Gasteiger partial charge in [-0.3, -0.25) is 4.79 Å². The number of halogens is 5. The van der Waals surface area contributed by atoms with Crippen molar-refractivity contribution in [1.29, 1.82) is 0 Å². The maximum Gasteiger partial charge on any atom is 0.408 e. The average Bonchev–Trinajstić information content (AvgIpc) is 2.53. The summed E-state index contributed by atoms with van der Waals surface area (Å²) in [6.07, 6.45) is -4.44. The number of alkyl halides is 3. The van der Waals surface area contributed by atoms with E-state index in [9.17, 15) is 18.0 Å². The maximum absolute atomic E-state index is 12.6. The van der Waals surface area contributed by atoms with Crippen LogP contribution in [-0.2, 0) is 6.54 Å². The highest BCUT2D eigenvalue weighted by Crippen LogP contribution is 2.36. The van der Waals surface area contributed by atoms with E-state index in [2.05, 4.69) is 15.9 Å². The topological polar surface area (TPSA) is 20.3 Å². The monoisotopic (exact) mass is 341 g/mol. The van der Waals surface area contributed by atoms with Crippen LogP contribution in [0.3, 0.4) is 0 Å². The minimum Gasteiger partial charge on any atom is -0.322 e. The Hall–Kier alpha value is -0.750. The van der Waals surface area contributed by atoms with Crippen LogP contribution in [0.4, 0.5) is 13.2 Å². The molecule has 1 atom stereocenters. The molecule has 1 aromatic carbocycles. The van der Waals surface area contributed by atoms with Gasteiger partial charge in [0.15, 0.2) is 0 Å². The lowest BCUT2D eigenvalue weighted by molar-refractivity contribution is -0.172. The zero-order valence-corrected chi connectivity index (χ0v) is 11.5. The smallest absolute Gasteiger partial charge is 0.322 e. The summed E-state index contributed by atoms with van der Waals surface area (Å²) in [6, 6.07) is 1.29. The van der Waals surface area contributed by atoms with Gasteiger partial charge in [0.2, 0.25) is 0 Å². The van der Waals surface area contributed by atoms with Gasteiger partial charge in [-0.25, -0.2) is 0 Å². The lowest BCUT2D eigenvalue weighted by Gasteiger charge is -2.26. The van der Waals surface area contributed by atoms with Gasteiger partial charge < -0.3 is 4.90 Å². The number of carbonyl (C=O) groups is 1. The van der Waals surface area contributed by atoms with Crippen LogP contribution < -0.4 is 0 Å². The van der Waals surface area contributed by atoms with Gasteiger partial charge in [-0.1, -0.05) is 27.5 Å². The molecule has 7 heteroatoms. The summed E-state index contributed by atoms with van der Waals surface area (Å²) in [5.74, 6) is -0.674. The molecule has 0 aromatic heterocycles. The van der Waals surface area contributed by atoms with Crippen LogP contribution in [0.25, 0.3) is 0 Å². The van der Waals surface area contributed by atoms with E-state index < -0.39 is 18.1 Å². The molecule has 0 saturated heterocycles. The first-order valence-electron chi connectivity index (χ1n) is 5.07. The molecule has 0 bridgehead atoms. The maximum atomic E-state index is 12.6. The van der Waals surface area contributed by atoms with Crippen LogP contribution in [0.15, 0.2) is 16.6 Å². The average molecular weight is 343 g/mol. The molecule has 1 aliphatic rings. The highest BCUT2D eigenvalue weighted by molar-refractivity contribution is 9.10. The molecule has 1 aromatic rings. The Kier molecular flexibility index (Phi) is 3.36. The Bertz CT molecular complexity index is 518. The van der Waals surface area contributed by atoms with Gasteiger partial charge in [-0.15, -0.1) is 0 Å². The molecule has 2 nitrogen and oxygen atoms in total. The van der Waals surface area contributed by atoms with Crippen LogP contribution in [0.2, 0.25) is 5.02 Å². The standard InChI is InChI=1S/C11H8BrClF3NO/c1-5(11(14,15)16)17-4-6-2-7(12)3-8(13)9(6)10(17)18/h2-3,5H,4H2,1H3/t5-/m0/s1. The van der Waals surface area contributed by atoms with E-state index in [0.29, 0.717) is 10.0 Å². The summed E-state index contributed by atoms with van der Waals surface area (Å²) >= 11 is 9.09. The van der Waals surface area contributed by atoms with Gasteiger partial charge in [0.05, 0.1) is 10.6 Å². The minimum atomic E-state index is -4.44. The van der Waals surface area contributed by atoms with Crippen molar-refractivity contribution < 1.29 is 18.0 Å². The van der Waals surface area contributed by atoms with Gasteiger partial charge in [0.25, 0.3) is 5.91 Å². The van der Waals surface area contributed by atoms with Crippen molar-refractivity contribution in [2.75, 3.05) is 0 Å². The SMILES string of the molecule is C[C@H](N1Cc2cc(Br)cc(Cl)c2C1=O)C(F)(F)F. The van der Waals surface area contributed by atoms with E-state index in [1.807, 2.05) is 0 Å². The molecule has 0 N–H and O–H groups in total. The van der Waals surface area contributed by atoms with Crippen LogP contribution >= 0.6 is 27.5 Å². The summed E-state index contributed by atoms with van der Waals surface area (Å²) in [5.41, 5.74) is 0.673. The fraction of sp³-hybridized carbons (Fsp3) is 0.364. The second-order valence-corrected chi connectivity index (χ2v) is 5.40. The van der Waals surface area contributed by atoms with Gasteiger partial charge in [-0.05, 0) is 24.6 Å². The van der Waals surface area contributed by atoms with Crippen molar-refractivity contribution in [2.24, 2.45) is 0 Å². The van der Waals surface area contributed by atoms with Gasteiger partial charge in [0.1, 0.15) is 6.04 Å². The summed E-state index contributed by atoms with van der Waals surface area (Å²) in [6.45, 7) is 0.890. The van der Waals surface area contributed by atoms with Crippen molar-refractivity contribution in [3.8, 4) is 0 Å². The summed E-state index contributed by atoms with van der Waals surface area (Å²) in [7, 11) is 0. The fourth-order valence-corrected chi connectivity index (χ4v) is 2.84. The van der Waals surface area contributed by atoms with Crippen LogP contribution in [0, 0.1) is 0 Å². The third-order valence-electron chi connectivity index (χ3n) is 2.89. The Labute approximate surface area is 115 Å². The first-order chi connectivity index (χ1) is 8.21. The summed E-state index contributed by atoms with van der Waals surface area (Å²) in [4.78, 5) is 12.7. The number of rotatable bonds is 1. The first-order valence-corrected chi connectivity index (χ1v) is 6.24. The van der Waals surface area contributed by atoms with E-state index in [4.69, 9.17) is 11.6 Å². The Morgan fingerprint density at radius 3 is 2.61 bits per heavy atom. The van der Waals surface area contributed by atoms with Gasteiger partial charge in [0, 0.05) is 11.0 Å². The van der Waals surface area contributed by atoms with Gasteiger partial charge >= 0.3 is 6.18 Å². The number of hydrogen-bond donors (Lipinski definition) is 0. The van der Waals surface area contributed by atoms with Gasteiger partial charge in [-0.2, -0.15) is 13.2 Å².